The Morgan fingerprint density at radius 2 is 1.61 bits per heavy atom. The van der Waals surface area contributed by atoms with Crippen LogP contribution in [0.1, 0.15) is 36.9 Å². The van der Waals surface area contributed by atoms with Gasteiger partial charge in [-0.1, -0.05) is 36.6 Å². The van der Waals surface area contributed by atoms with E-state index in [9.17, 15) is 4.79 Å². The van der Waals surface area contributed by atoms with Gasteiger partial charge in [-0.15, -0.1) is 0 Å². The Labute approximate surface area is 200 Å². The lowest BCUT2D eigenvalue weighted by molar-refractivity contribution is -0.137. The van der Waals surface area contributed by atoms with Crippen LogP contribution in [0.4, 0.5) is 11.8 Å². The number of carbonyl (C=O) groups excluding carboxylic acids is 1. The standard InChI is InChI=1S/C25H32ClN5O2/c1-19-18-22(29-14-16-33-17-15-29)28-24(27-19)31-12-10-30(11-13-31)23(32)25(8-2-3-9-25)20-4-6-21(26)7-5-20/h4-7,18H,2-3,8-17H2,1H3. The Morgan fingerprint density at radius 1 is 0.939 bits per heavy atom. The molecule has 0 atom stereocenters. The molecule has 1 aliphatic carbocycles. The van der Waals surface area contributed by atoms with Gasteiger partial charge in [-0.2, -0.15) is 4.98 Å². The van der Waals surface area contributed by atoms with Gasteiger partial charge in [0.25, 0.3) is 0 Å². The zero-order valence-electron chi connectivity index (χ0n) is 19.3. The maximum atomic E-state index is 13.8. The van der Waals surface area contributed by atoms with Crippen molar-refractivity contribution >= 4 is 29.3 Å². The molecule has 2 aromatic rings. The fourth-order valence-electron chi connectivity index (χ4n) is 5.42. The van der Waals surface area contributed by atoms with E-state index in [1.165, 1.54) is 0 Å². The number of amides is 1. The highest BCUT2D eigenvalue weighted by molar-refractivity contribution is 6.30. The van der Waals surface area contributed by atoms with Crippen LogP contribution in [0.15, 0.2) is 30.3 Å². The predicted molar refractivity (Wildman–Crippen MR) is 130 cm³/mol. The Morgan fingerprint density at radius 3 is 2.27 bits per heavy atom. The summed E-state index contributed by atoms with van der Waals surface area (Å²) in [5.74, 6) is 1.99. The molecular weight excluding hydrogens is 438 g/mol. The molecule has 3 fully saturated rings. The third kappa shape index (κ3) is 4.53. The minimum absolute atomic E-state index is 0.265. The lowest BCUT2D eigenvalue weighted by Crippen LogP contribution is -2.54. The number of anilines is 2. The number of nitrogens with zero attached hydrogens (tertiary/aromatic N) is 5. The topological polar surface area (TPSA) is 61.8 Å². The number of rotatable bonds is 4. The molecule has 8 heteroatoms. The Bertz CT molecular complexity index is 979. The van der Waals surface area contributed by atoms with Gasteiger partial charge in [-0.25, -0.2) is 4.98 Å². The van der Waals surface area contributed by atoms with Crippen LogP contribution < -0.4 is 9.80 Å². The van der Waals surface area contributed by atoms with Crippen molar-refractivity contribution in [2.75, 3.05) is 62.3 Å². The molecular formula is C25H32ClN5O2. The largest absolute Gasteiger partial charge is 0.378 e. The molecule has 1 amide bonds. The molecule has 7 nitrogen and oxygen atoms in total. The van der Waals surface area contributed by atoms with Crippen molar-refractivity contribution in [2.45, 2.75) is 38.0 Å². The van der Waals surface area contributed by atoms with Gasteiger partial charge >= 0.3 is 0 Å². The Hall–Kier alpha value is -2.38. The number of aryl methyl sites for hydroxylation is 1. The molecule has 0 unspecified atom stereocenters. The summed E-state index contributed by atoms with van der Waals surface area (Å²) in [4.78, 5) is 29.9. The van der Waals surface area contributed by atoms with Crippen LogP contribution in [0.5, 0.6) is 0 Å². The summed E-state index contributed by atoms with van der Waals surface area (Å²) >= 11 is 6.12. The number of benzene rings is 1. The van der Waals surface area contributed by atoms with Gasteiger partial charge < -0.3 is 19.4 Å². The molecule has 0 N–H and O–H groups in total. The number of ether oxygens (including phenoxy) is 1. The first-order chi connectivity index (χ1) is 16.0. The number of hydrogen-bond acceptors (Lipinski definition) is 6. The van der Waals surface area contributed by atoms with Crippen LogP contribution in [-0.4, -0.2) is 73.3 Å². The lowest BCUT2D eigenvalue weighted by atomic mass is 9.77. The third-order valence-electron chi connectivity index (χ3n) is 7.28. The van der Waals surface area contributed by atoms with Crippen LogP contribution in [0.3, 0.4) is 0 Å². The van der Waals surface area contributed by atoms with E-state index in [2.05, 4.69) is 14.7 Å². The van der Waals surface area contributed by atoms with Crippen LogP contribution in [0, 0.1) is 6.92 Å². The van der Waals surface area contributed by atoms with Crippen LogP contribution in [-0.2, 0) is 14.9 Å². The quantitative estimate of drug-likeness (QED) is 0.683. The van der Waals surface area contributed by atoms with Gasteiger partial charge in [0, 0.05) is 56.1 Å². The lowest BCUT2D eigenvalue weighted by Gasteiger charge is -2.40. The van der Waals surface area contributed by atoms with Crippen molar-refractivity contribution in [3.63, 3.8) is 0 Å². The predicted octanol–water partition coefficient (Wildman–Crippen LogP) is 3.44. The number of piperazine rings is 1. The second-order valence-electron chi connectivity index (χ2n) is 9.34. The molecule has 1 saturated carbocycles. The van der Waals surface area contributed by atoms with Crippen molar-refractivity contribution in [2.24, 2.45) is 0 Å². The average Bonchev–Trinajstić information content (AvgIpc) is 3.35. The van der Waals surface area contributed by atoms with Crippen molar-refractivity contribution in [1.29, 1.82) is 0 Å². The first kappa shape index (κ1) is 22.4. The Kier molecular flexibility index (Phi) is 6.43. The minimum atomic E-state index is -0.407. The monoisotopic (exact) mass is 469 g/mol. The van der Waals surface area contributed by atoms with Crippen molar-refractivity contribution in [3.05, 3.63) is 46.6 Å². The number of aromatic nitrogens is 2. The van der Waals surface area contributed by atoms with Gasteiger partial charge in [0.15, 0.2) is 0 Å². The third-order valence-corrected chi connectivity index (χ3v) is 7.53. The van der Waals surface area contributed by atoms with E-state index >= 15 is 0 Å². The van der Waals surface area contributed by atoms with Crippen LogP contribution >= 0.6 is 11.6 Å². The maximum absolute atomic E-state index is 13.8. The highest BCUT2D eigenvalue weighted by Gasteiger charge is 2.45. The molecule has 1 aromatic carbocycles. The smallest absolute Gasteiger partial charge is 0.233 e. The molecule has 0 spiro atoms. The molecule has 5 rings (SSSR count). The fraction of sp³-hybridized carbons (Fsp3) is 0.560. The second kappa shape index (κ2) is 9.47. The summed E-state index contributed by atoms with van der Waals surface area (Å²) in [6, 6.07) is 9.93. The minimum Gasteiger partial charge on any atom is -0.378 e. The SMILES string of the molecule is Cc1cc(N2CCOCC2)nc(N2CCN(C(=O)C3(c4ccc(Cl)cc4)CCCC3)CC2)n1. The van der Waals surface area contributed by atoms with Gasteiger partial charge in [0.2, 0.25) is 11.9 Å². The highest BCUT2D eigenvalue weighted by Crippen LogP contribution is 2.43. The van der Waals surface area contributed by atoms with E-state index in [0.29, 0.717) is 18.1 Å². The highest BCUT2D eigenvalue weighted by atomic mass is 35.5. The summed E-state index contributed by atoms with van der Waals surface area (Å²) in [5.41, 5.74) is 1.66. The number of hydrogen-bond donors (Lipinski definition) is 0. The van der Waals surface area contributed by atoms with Crippen LogP contribution in [0.2, 0.25) is 5.02 Å². The molecule has 0 bridgehead atoms. The van der Waals surface area contributed by atoms with Crippen LogP contribution in [0.25, 0.3) is 0 Å². The Balaban J connectivity index is 1.29. The molecule has 1 aromatic heterocycles. The summed E-state index contributed by atoms with van der Waals surface area (Å²) in [5, 5.41) is 0.711. The summed E-state index contributed by atoms with van der Waals surface area (Å²) in [7, 11) is 0. The van der Waals surface area contributed by atoms with E-state index in [1.54, 1.807) is 0 Å². The fourth-order valence-corrected chi connectivity index (χ4v) is 5.54. The summed E-state index contributed by atoms with van der Waals surface area (Å²) in [6.07, 6.45) is 4.01. The van der Waals surface area contributed by atoms with E-state index in [0.717, 1.165) is 88.1 Å². The van der Waals surface area contributed by atoms with Gasteiger partial charge in [-0.05, 0) is 37.5 Å². The van der Waals surface area contributed by atoms with Gasteiger partial charge in [0.1, 0.15) is 5.82 Å². The number of carbonyl (C=O) groups is 1. The number of morpholine rings is 1. The van der Waals surface area contributed by atoms with Crippen molar-refractivity contribution in [3.8, 4) is 0 Å². The van der Waals surface area contributed by atoms with E-state index in [-0.39, 0.29) is 5.91 Å². The van der Waals surface area contributed by atoms with E-state index in [4.69, 9.17) is 26.3 Å². The molecule has 2 saturated heterocycles. The maximum Gasteiger partial charge on any atom is 0.233 e. The van der Waals surface area contributed by atoms with Crippen molar-refractivity contribution < 1.29 is 9.53 Å². The van der Waals surface area contributed by atoms with Crippen molar-refractivity contribution in [1.82, 2.24) is 14.9 Å². The molecule has 0 radical (unpaired) electrons. The summed E-state index contributed by atoms with van der Waals surface area (Å²) in [6.45, 7) is 8.06. The van der Waals surface area contributed by atoms with Gasteiger partial charge in [-0.3, -0.25) is 4.79 Å². The average molecular weight is 470 g/mol. The first-order valence-corrected chi connectivity index (χ1v) is 12.4. The first-order valence-electron chi connectivity index (χ1n) is 12.0. The molecule has 33 heavy (non-hydrogen) atoms. The molecule has 2 aliphatic heterocycles. The van der Waals surface area contributed by atoms with E-state index in [1.807, 2.05) is 37.3 Å². The zero-order chi connectivity index (χ0) is 22.8. The summed E-state index contributed by atoms with van der Waals surface area (Å²) < 4.78 is 5.48. The van der Waals surface area contributed by atoms with E-state index < -0.39 is 5.41 Å². The zero-order valence-corrected chi connectivity index (χ0v) is 20.1. The molecule has 3 heterocycles. The molecule has 176 valence electrons. The number of halogens is 1. The molecule has 3 aliphatic rings. The normalized spacial score (nSPS) is 20.8. The second-order valence-corrected chi connectivity index (χ2v) is 9.78. The van der Waals surface area contributed by atoms with Gasteiger partial charge in [0.05, 0.1) is 18.6 Å².